The lowest BCUT2D eigenvalue weighted by Crippen LogP contribution is -2.23. The third-order valence-corrected chi connectivity index (χ3v) is 3.22. The Bertz CT molecular complexity index is 360. The van der Waals surface area contributed by atoms with Crippen LogP contribution in [0.15, 0.2) is 18.2 Å². The number of methoxy groups -OCH3 is 1. The van der Waals surface area contributed by atoms with Crippen LogP contribution in [0.1, 0.15) is 37.4 Å². The first-order valence-electron chi connectivity index (χ1n) is 6.11. The molecule has 0 saturated carbocycles. The van der Waals surface area contributed by atoms with Crippen LogP contribution >= 0.6 is 0 Å². The number of rotatable bonds is 4. The van der Waals surface area contributed by atoms with E-state index in [0.717, 1.165) is 18.7 Å². The fourth-order valence-corrected chi connectivity index (χ4v) is 2.40. The number of hydrogen-bond acceptors (Lipinski definition) is 2. The van der Waals surface area contributed by atoms with Crippen LogP contribution in [-0.4, -0.2) is 13.7 Å². The summed E-state index contributed by atoms with van der Waals surface area (Å²) in [6.45, 7) is 5.57. The fourth-order valence-electron chi connectivity index (χ4n) is 2.40. The molecular formula is C14H21NO. The minimum absolute atomic E-state index is 0.521. The molecule has 0 bridgehead atoms. The summed E-state index contributed by atoms with van der Waals surface area (Å²) < 4.78 is 5.40. The Morgan fingerprint density at radius 1 is 1.44 bits per heavy atom. The molecule has 0 aliphatic heterocycles. The van der Waals surface area contributed by atoms with Gasteiger partial charge in [0.25, 0.3) is 0 Å². The molecule has 16 heavy (non-hydrogen) atoms. The Kier molecular flexibility index (Phi) is 3.49. The van der Waals surface area contributed by atoms with Crippen molar-refractivity contribution in [2.45, 2.75) is 32.7 Å². The van der Waals surface area contributed by atoms with Gasteiger partial charge in [-0.2, -0.15) is 0 Å². The predicted molar refractivity (Wildman–Crippen MR) is 66.9 cm³/mol. The molecule has 1 unspecified atom stereocenters. The van der Waals surface area contributed by atoms with Crippen LogP contribution in [0.3, 0.4) is 0 Å². The molecule has 1 N–H and O–H groups in total. The molecule has 0 saturated heterocycles. The highest BCUT2D eigenvalue weighted by Crippen LogP contribution is 2.36. The van der Waals surface area contributed by atoms with Crippen molar-refractivity contribution in [3.8, 4) is 5.75 Å². The van der Waals surface area contributed by atoms with Crippen molar-refractivity contribution >= 4 is 0 Å². The van der Waals surface area contributed by atoms with Crippen molar-refractivity contribution in [2.24, 2.45) is 5.92 Å². The van der Waals surface area contributed by atoms with Crippen molar-refractivity contribution in [1.82, 2.24) is 5.32 Å². The zero-order valence-corrected chi connectivity index (χ0v) is 10.4. The Balaban J connectivity index is 2.13. The van der Waals surface area contributed by atoms with Crippen LogP contribution in [-0.2, 0) is 6.42 Å². The molecule has 2 heteroatoms. The standard InChI is InChI=1S/C14H21NO/c1-10(2)9-15-13-8-7-12-11(13)5-4-6-14(12)16-3/h4-6,10,13,15H,7-9H2,1-3H3. The number of ether oxygens (including phenoxy) is 1. The predicted octanol–water partition coefficient (Wildman–Crippen LogP) is 2.93. The van der Waals surface area contributed by atoms with E-state index in [9.17, 15) is 0 Å². The lowest BCUT2D eigenvalue weighted by atomic mass is 10.1. The maximum Gasteiger partial charge on any atom is 0.122 e. The number of benzene rings is 1. The second-order valence-electron chi connectivity index (χ2n) is 4.92. The van der Waals surface area contributed by atoms with Gasteiger partial charge in [0.15, 0.2) is 0 Å². The lowest BCUT2D eigenvalue weighted by molar-refractivity contribution is 0.410. The minimum atomic E-state index is 0.521. The van der Waals surface area contributed by atoms with E-state index in [1.54, 1.807) is 7.11 Å². The monoisotopic (exact) mass is 219 g/mol. The molecule has 1 aliphatic rings. The van der Waals surface area contributed by atoms with Crippen LogP contribution in [0.2, 0.25) is 0 Å². The topological polar surface area (TPSA) is 21.3 Å². The molecule has 0 heterocycles. The molecule has 0 fully saturated rings. The molecule has 88 valence electrons. The van der Waals surface area contributed by atoms with Gasteiger partial charge in [-0.25, -0.2) is 0 Å². The molecule has 2 nitrogen and oxygen atoms in total. The molecule has 1 aromatic rings. The first-order valence-corrected chi connectivity index (χ1v) is 6.11. The second-order valence-corrected chi connectivity index (χ2v) is 4.92. The molecule has 1 aromatic carbocycles. The molecule has 1 atom stereocenters. The van der Waals surface area contributed by atoms with Gasteiger partial charge in [-0.15, -0.1) is 0 Å². The van der Waals surface area contributed by atoms with Crippen molar-refractivity contribution in [2.75, 3.05) is 13.7 Å². The molecular weight excluding hydrogens is 198 g/mol. The van der Waals surface area contributed by atoms with E-state index in [4.69, 9.17) is 4.74 Å². The van der Waals surface area contributed by atoms with E-state index >= 15 is 0 Å². The third kappa shape index (κ3) is 2.22. The van der Waals surface area contributed by atoms with Crippen LogP contribution < -0.4 is 10.1 Å². The van der Waals surface area contributed by atoms with E-state index < -0.39 is 0 Å². The lowest BCUT2D eigenvalue weighted by Gasteiger charge is -2.16. The average molecular weight is 219 g/mol. The highest BCUT2D eigenvalue weighted by atomic mass is 16.5. The molecule has 0 aromatic heterocycles. The molecule has 0 spiro atoms. The van der Waals surface area contributed by atoms with Crippen LogP contribution in [0.25, 0.3) is 0 Å². The third-order valence-electron chi connectivity index (χ3n) is 3.22. The van der Waals surface area contributed by atoms with Gasteiger partial charge in [-0.1, -0.05) is 26.0 Å². The Morgan fingerprint density at radius 3 is 2.94 bits per heavy atom. The van der Waals surface area contributed by atoms with Gasteiger partial charge in [0.2, 0.25) is 0 Å². The number of nitrogens with one attached hydrogen (secondary N) is 1. The molecule has 1 aliphatic carbocycles. The molecule has 0 radical (unpaired) electrons. The average Bonchev–Trinajstić information content (AvgIpc) is 2.69. The largest absolute Gasteiger partial charge is 0.496 e. The van der Waals surface area contributed by atoms with Gasteiger partial charge in [0.1, 0.15) is 5.75 Å². The zero-order chi connectivity index (χ0) is 11.5. The van der Waals surface area contributed by atoms with Gasteiger partial charge < -0.3 is 10.1 Å². The summed E-state index contributed by atoms with van der Waals surface area (Å²) in [4.78, 5) is 0. The quantitative estimate of drug-likeness (QED) is 0.840. The molecule has 2 rings (SSSR count). The van der Waals surface area contributed by atoms with Gasteiger partial charge in [0.05, 0.1) is 7.11 Å². The summed E-state index contributed by atoms with van der Waals surface area (Å²) in [5, 5.41) is 3.63. The van der Waals surface area contributed by atoms with Gasteiger partial charge in [0, 0.05) is 6.04 Å². The van der Waals surface area contributed by atoms with E-state index in [0.29, 0.717) is 12.0 Å². The second kappa shape index (κ2) is 4.88. The molecule has 0 amide bonds. The first kappa shape index (κ1) is 11.5. The highest BCUT2D eigenvalue weighted by Gasteiger charge is 2.24. The maximum absolute atomic E-state index is 5.40. The minimum Gasteiger partial charge on any atom is -0.496 e. The van der Waals surface area contributed by atoms with Gasteiger partial charge in [-0.05, 0) is 42.5 Å². The van der Waals surface area contributed by atoms with Crippen LogP contribution in [0, 0.1) is 5.92 Å². The smallest absolute Gasteiger partial charge is 0.122 e. The van der Waals surface area contributed by atoms with Crippen LogP contribution in [0.4, 0.5) is 0 Å². The summed E-state index contributed by atoms with van der Waals surface area (Å²) in [6.07, 6.45) is 2.33. The summed E-state index contributed by atoms with van der Waals surface area (Å²) in [7, 11) is 1.75. The fraction of sp³-hybridized carbons (Fsp3) is 0.571. The van der Waals surface area contributed by atoms with Crippen molar-refractivity contribution in [3.05, 3.63) is 29.3 Å². The van der Waals surface area contributed by atoms with E-state index in [1.165, 1.54) is 17.5 Å². The zero-order valence-electron chi connectivity index (χ0n) is 10.4. The summed E-state index contributed by atoms with van der Waals surface area (Å²) in [5.41, 5.74) is 2.83. The Labute approximate surface area is 98.0 Å². The SMILES string of the molecule is COc1cccc2c1CCC2NCC(C)C. The van der Waals surface area contributed by atoms with Gasteiger partial charge >= 0.3 is 0 Å². The maximum atomic E-state index is 5.40. The van der Waals surface area contributed by atoms with Crippen molar-refractivity contribution < 1.29 is 4.74 Å². The van der Waals surface area contributed by atoms with E-state index in [-0.39, 0.29) is 0 Å². The van der Waals surface area contributed by atoms with E-state index in [1.807, 2.05) is 0 Å². The van der Waals surface area contributed by atoms with E-state index in [2.05, 4.69) is 37.4 Å². The van der Waals surface area contributed by atoms with Crippen molar-refractivity contribution in [3.63, 3.8) is 0 Å². The summed E-state index contributed by atoms with van der Waals surface area (Å²) in [5.74, 6) is 1.75. The van der Waals surface area contributed by atoms with Crippen molar-refractivity contribution in [1.29, 1.82) is 0 Å². The Morgan fingerprint density at radius 2 is 2.25 bits per heavy atom. The number of fused-ring (bicyclic) bond motifs is 1. The van der Waals surface area contributed by atoms with Crippen LogP contribution in [0.5, 0.6) is 5.75 Å². The number of hydrogen-bond donors (Lipinski definition) is 1. The van der Waals surface area contributed by atoms with Gasteiger partial charge in [-0.3, -0.25) is 0 Å². The highest BCUT2D eigenvalue weighted by molar-refractivity contribution is 5.45. The first-order chi connectivity index (χ1) is 7.72. The summed E-state index contributed by atoms with van der Waals surface area (Å²) in [6, 6.07) is 6.90. The summed E-state index contributed by atoms with van der Waals surface area (Å²) >= 11 is 0. The Hall–Kier alpha value is -1.02. The normalized spacial score (nSPS) is 18.9.